The Morgan fingerprint density at radius 3 is 1.32 bits per heavy atom. The number of nitrogens with one attached hydrogen (secondary N) is 1. The minimum absolute atomic E-state index is 0.0333. The normalized spacial score (nSPS) is 14.2. The molecular weight excluding hydrogens is 940 g/mol. The monoisotopic (exact) mass is 1060 g/mol. The number of rotatable bonds is 55. The highest BCUT2D eigenvalue weighted by molar-refractivity contribution is 7.47. The summed E-state index contributed by atoms with van der Waals surface area (Å²) in [7, 11) is 1.48. The molecule has 9 nitrogen and oxygen atoms in total. The highest BCUT2D eigenvalue weighted by Crippen LogP contribution is 2.43. The van der Waals surface area contributed by atoms with Crippen molar-refractivity contribution >= 4 is 19.7 Å². The third kappa shape index (κ3) is 54.2. The van der Waals surface area contributed by atoms with Crippen LogP contribution in [0.3, 0.4) is 0 Å². The van der Waals surface area contributed by atoms with Gasteiger partial charge in [-0.25, -0.2) is 4.57 Å². The molecule has 0 aromatic heterocycles. The van der Waals surface area contributed by atoms with E-state index in [1.54, 1.807) is 0 Å². The molecule has 1 amide bonds. The van der Waals surface area contributed by atoms with Gasteiger partial charge in [0.2, 0.25) is 5.91 Å². The number of allylic oxidation sites excluding steroid dienone is 11. The van der Waals surface area contributed by atoms with Gasteiger partial charge in [0.05, 0.1) is 33.8 Å². The zero-order valence-electron chi connectivity index (χ0n) is 49.1. The first-order chi connectivity index (χ1) is 35.9. The van der Waals surface area contributed by atoms with E-state index in [1.165, 1.54) is 141 Å². The van der Waals surface area contributed by atoms with E-state index < -0.39 is 20.0 Å². The van der Waals surface area contributed by atoms with Gasteiger partial charge in [-0.15, -0.1) is 0 Å². The summed E-state index contributed by atoms with van der Waals surface area (Å²) in [5.74, 6) is -0.531. The predicted octanol–water partition coefficient (Wildman–Crippen LogP) is 18.8. The van der Waals surface area contributed by atoms with E-state index in [0.29, 0.717) is 17.4 Å². The van der Waals surface area contributed by atoms with Crippen LogP contribution in [-0.4, -0.2) is 74.3 Å². The van der Waals surface area contributed by atoms with E-state index in [1.807, 2.05) is 33.3 Å². The maximum absolute atomic E-state index is 13.5. The molecule has 0 aromatic carbocycles. The van der Waals surface area contributed by atoms with Crippen LogP contribution in [0.2, 0.25) is 0 Å². The Labute approximate surface area is 457 Å². The minimum atomic E-state index is -4.46. The molecule has 0 aliphatic carbocycles. The van der Waals surface area contributed by atoms with E-state index in [9.17, 15) is 19.0 Å². The zero-order chi connectivity index (χ0) is 54.3. The molecule has 0 radical (unpaired) electrons. The van der Waals surface area contributed by atoms with Crippen LogP contribution >= 0.6 is 7.82 Å². The number of hydrogen-bond acceptors (Lipinski definition) is 6. The highest BCUT2D eigenvalue weighted by Gasteiger charge is 2.30. The van der Waals surface area contributed by atoms with Gasteiger partial charge in [-0.05, 0) is 96.0 Å². The van der Waals surface area contributed by atoms with E-state index in [-0.39, 0.29) is 31.5 Å². The summed E-state index contributed by atoms with van der Waals surface area (Å²) in [5.41, 5.74) is 0. The molecule has 3 atom stereocenters. The van der Waals surface area contributed by atoms with Crippen molar-refractivity contribution in [3.05, 3.63) is 72.9 Å². The number of carbonyl (C=O) groups excluding carboxylic acids is 2. The van der Waals surface area contributed by atoms with Crippen LogP contribution in [0.5, 0.6) is 0 Å². The van der Waals surface area contributed by atoms with Crippen LogP contribution in [0.15, 0.2) is 72.9 Å². The minimum Gasteiger partial charge on any atom is -0.456 e. The van der Waals surface area contributed by atoms with Crippen LogP contribution in [0.4, 0.5) is 0 Å². The number of likely N-dealkylation sites (N-methyl/N-ethyl adjacent to an activating group) is 1. The summed E-state index contributed by atoms with van der Waals surface area (Å²) in [4.78, 5) is 37.7. The van der Waals surface area contributed by atoms with Gasteiger partial charge in [-0.1, -0.05) is 235 Å². The van der Waals surface area contributed by atoms with Crippen molar-refractivity contribution in [2.75, 3.05) is 40.9 Å². The first kappa shape index (κ1) is 71.5. The molecule has 430 valence electrons. The summed E-state index contributed by atoms with van der Waals surface area (Å²) in [6, 6.07) is -0.862. The quantitative estimate of drug-likeness (QED) is 0.0205. The Balaban J connectivity index is 5.27. The van der Waals surface area contributed by atoms with E-state index in [2.05, 4.69) is 86.8 Å². The molecule has 0 saturated heterocycles. The van der Waals surface area contributed by atoms with Gasteiger partial charge >= 0.3 is 13.8 Å². The molecule has 0 aliphatic heterocycles. The standard InChI is InChI=1S/C64H117N2O7P/c1-7-10-13-16-19-22-25-28-30-31-32-33-34-35-36-39-42-45-48-51-54-57-64(68)73-62(55-52-49-46-43-40-37-27-24-21-18-15-12-9-3)61(60-72-74(69,70)71-59-58-66(4,5)6)65-63(67)56-53-50-47-44-41-38-29-26-23-20-17-14-11-8-2/h11,14,19-20,22-23,28-30,38,52,55,61-62H,7-10,12-13,15-18,21,24-27,31-37,39-51,53-54,56-60H2,1-6H3,(H-,65,67,69,70)/p+1/b14-11+,22-19-,23-20+,30-28-,38-29+,55-52-. The summed E-state index contributed by atoms with van der Waals surface area (Å²) in [5, 5.41) is 3.04. The zero-order valence-corrected chi connectivity index (χ0v) is 50.0. The summed E-state index contributed by atoms with van der Waals surface area (Å²) < 4.78 is 30.7. The average molecular weight is 1060 g/mol. The topological polar surface area (TPSA) is 111 Å². The molecule has 0 aromatic rings. The van der Waals surface area contributed by atoms with Gasteiger partial charge in [0, 0.05) is 12.8 Å². The Morgan fingerprint density at radius 2 is 0.865 bits per heavy atom. The second-order valence-corrected chi connectivity index (χ2v) is 23.3. The molecule has 0 saturated carbocycles. The number of amides is 1. The fourth-order valence-corrected chi connectivity index (χ4v) is 9.37. The molecule has 0 fully saturated rings. The third-order valence-corrected chi connectivity index (χ3v) is 14.4. The maximum atomic E-state index is 13.5. The molecular formula is C64H118N2O7P+. The van der Waals surface area contributed by atoms with E-state index >= 15 is 0 Å². The third-order valence-electron chi connectivity index (χ3n) is 13.4. The smallest absolute Gasteiger partial charge is 0.456 e. The number of ether oxygens (including phenoxy) is 1. The Hall–Kier alpha value is -2.55. The first-order valence-corrected chi connectivity index (χ1v) is 32.3. The van der Waals surface area contributed by atoms with Gasteiger partial charge in [0.15, 0.2) is 0 Å². The lowest BCUT2D eigenvalue weighted by molar-refractivity contribution is -0.870. The van der Waals surface area contributed by atoms with Gasteiger partial charge in [0.1, 0.15) is 19.3 Å². The molecule has 10 heteroatoms. The molecule has 0 heterocycles. The SMILES string of the molecule is CC/C=C/C/C=C/C/C=C/CCCCCCC(=O)NC(COP(=O)(O)OCC[N+](C)(C)C)C(/C=C\CCCCCCCCCCCCC)OC(=O)CCCCCCCCCCCCC/C=C\C/C=C\CCCCC. The van der Waals surface area contributed by atoms with Crippen LogP contribution in [-0.2, 0) is 27.9 Å². The number of hydrogen-bond donors (Lipinski definition) is 2. The van der Waals surface area contributed by atoms with Crippen molar-refractivity contribution in [3.8, 4) is 0 Å². The molecule has 0 bridgehead atoms. The number of phosphoric ester groups is 1. The second kappa shape index (κ2) is 53.8. The molecule has 0 aliphatic rings. The van der Waals surface area contributed by atoms with Crippen LogP contribution in [0.1, 0.15) is 271 Å². The number of carbonyl (C=O) groups is 2. The lowest BCUT2D eigenvalue weighted by atomic mass is 10.0. The van der Waals surface area contributed by atoms with Crippen molar-refractivity contribution in [1.82, 2.24) is 5.32 Å². The lowest BCUT2D eigenvalue weighted by Crippen LogP contribution is -2.47. The predicted molar refractivity (Wildman–Crippen MR) is 318 cm³/mol. The van der Waals surface area contributed by atoms with Gasteiger partial charge in [-0.2, -0.15) is 0 Å². The van der Waals surface area contributed by atoms with Crippen LogP contribution < -0.4 is 5.32 Å². The first-order valence-electron chi connectivity index (χ1n) is 30.8. The summed E-state index contributed by atoms with van der Waals surface area (Å²) in [6.07, 6.45) is 69.0. The number of unbranched alkanes of at least 4 members (excludes halogenated alkanes) is 29. The van der Waals surface area contributed by atoms with E-state index in [4.69, 9.17) is 13.8 Å². The summed E-state index contributed by atoms with van der Waals surface area (Å²) >= 11 is 0. The highest BCUT2D eigenvalue weighted by atomic mass is 31.2. The Morgan fingerprint density at radius 1 is 0.486 bits per heavy atom. The van der Waals surface area contributed by atoms with Gasteiger partial charge in [-0.3, -0.25) is 18.6 Å². The summed E-state index contributed by atoms with van der Waals surface area (Å²) in [6.45, 7) is 6.86. The Kier molecular flexibility index (Phi) is 52.0. The molecule has 74 heavy (non-hydrogen) atoms. The van der Waals surface area contributed by atoms with Gasteiger partial charge in [0.25, 0.3) is 0 Å². The molecule has 3 unspecified atom stereocenters. The fraction of sp³-hybridized carbons (Fsp3) is 0.781. The molecule has 2 N–H and O–H groups in total. The van der Waals surface area contributed by atoms with Crippen LogP contribution in [0.25, 0.3) is 0 Å². The largest absolute Gasteiger partial charge is 0.472 e. The van der Waals surface area contributed by atoms with E-state index in [0.717, 1.165) is 96.3 Å². The van der Waals surface area contributed by atoms with Crippen molar-refractivity contribution < 1.29 is 37.3 Å². The lowest BCUT2D eigenvalue weighted by Gasteiger charge is -2.27. The van der Waals surface area contributed by atoms with Crippen LogP contribution in [0, 0.1) is 0 Å². The van der Waals surface area contributed by atoms with Gasteiger partial charge < -0.3 is 19.4 Å². The second-order valence-electron chi connectivity index (χ2n) is 21.8. The van der Waals surface area contributed by atoms with Crippen molar-refractivity contribution in [2.45, 2.75) is 283 Å². The average Bonchev–Trinajstić information content (AvgIpc) is 3.36. The van der Waals surface area contributed by atoms with Crippen molar-refractivity contribution in [1.29, 1.82) is 0 Å². The van der Waals surface area contributed by atoms with Crippen molar-refractivity contribution in [3.63, 3.8) is 0 Å². The number of esters is 1. The number of quaternary nitrogens is 1. The van der Waals surface area contributed by atoms with Crippen molar-refractivity contribution in [2.24, 2.45) is 0 Å². The Bertz CT molecular complexity index is 1500. The maximum Gasteiger partial charge on any atom is 0.472 e. The fourth-order valence-electron chi connectivity index (χ4n) is 8.63. The number of phosphoric acid groups is 1. The molecule has 0 rings (SSSR count). The molecule has 0 spiro atoms. The number of nitrogens with zero attached hydrogens (tertiary/aromatic N) is 1.